The highest BCUT2D eigenvalue weighted by molar-refractivity contribution is 6.35. The van der Waals surface area contributed by atoms with Gasteiger partial charge in [-0.15, -0.1) is 0 Å². The Morgan fingerprint density at radius 1 is 0.846 bits per heavy atom. The van der Waals surface area contributed by atoms with Gasteiger partial charge in [-0.05, 0) is 29.8 Å². The van der Waals surface area contributed by atoms with E-state index in [1.165, 1.54) is 0 Å². The Morgan fingerprint density at radius 2 is 1.54 bits per heavy atom. The Kier molecular flexibility index (Phi) is 6.53. The van der Waals surface area contributed by atoms with Crippen LogP contribution in [-0.4, -0.2) is 6.21 Å². The lowest BCUT2D eigenvalue weighted by atomic mass is 10.2. The molecule has 0 aromatic heterocycles. The van der Waals surface area contributed by atoms with Crippen LogP contribution in [0.3, 0.4) is 0 Å². The second kappa shape index (κ2) is 9.27. The lowest BCUT2D eigenvalue weighted by Gasteiger charge is -2.09. The molecule has 0 spiro atoms. The number of hydrazone groups is 1. The van der Waals surface area contributed by atoms with E-state index in [1.807, 2.05) is 60.7 Å². The summed E-state index contributed by atoms with van der Waals surface area (Å²) in [7, 11) is 0. The minimum absolute atomic E-state index is 0.446. The molecule has 5 heteroatoms. The van der Waals surface area contributed by atoms with Gasteiger partial charge in [0.25, 0.3) is 0 Å². The van der Waals surface area contributed by atoms with Gasteiger partial charge in [0.05, 0.1) is 12.8 Å². The molecule has 0 bridgehead atoms. The van der Waals surface area contributed by atoms with Crippen LogP contribution in [0.5, 0.6) is 5.75 Å². The zero-order valence-electron chi connectivity index (χ0n) is 14.0. The summed E-state index contributed by atoms with van der Waals surface area (Å²) in [6.07, 6.45) is 1.73. The Balaban J connectivity index is 1.62. The second-order valence-corrected chi connectivity index (χ2v) is 6.42. The smallest absolute Gasteiger partial charge is 0.128 e. The average Bonchev–Trinajstić information content (AvgIpc) is 2.67. The number of rotatable bonds is 7. The van der Waals surface area contributed by atoms with Crippen molar-refractivity contribution < 1.29 is 4.74 Å². The van der Waals surface area contributed by atoms with Crippen LogP contribution in [0.4, 0.5) is 0 Å². The van der Waals surface area contributed by atoms with Gasteiger partial charge in [0, 0.05) is 21.2 Å². The van der Waals surface area contributed by atoms with Crippen molar-refractivity contribution in [1.29, 1.82) is 0 Å². The Hall–Kier alpha value is -2.49. The minimum Gasteiger partial charge on any atom is -0.488 e. The fraction of sp³-hybridized carbons (Fsp3) is 0.0952. The van der Waals surface area contributed by atoms with Crippen molar-refractivity contribution in [2.45, 2.75) is 13.2 Å². The van der Waals surface area contributed by atoms with Crippen molar-refractivity contribution in [2.24, 2.45) is 5.10 Å². The third-order valence-corrected chi connectivity index (χ3v) is 4.48. The van der Waals surface area contributed by atoms with E-state index in [1.54, 1.807) is 18.3 Å². The Labute approximate surface area is 163 Å². The molecule has 0 heterocycles. The number of para-hydroxylation sites is 1. The first kappa shape index (κ1) is 18.3. The molecule has 3 aromatic rings. The first-order chi connectivity index (χ1) is 12.7. The molecular weight excluding hydrogens is 367 g/mol. The van der Waals surface area contributed by atoms with Crippen molar-refractivity contribution in [1.82, 2.24) is 5.43 Å². The number of benzene rings is 3. The molecule has 0 aliphatic carbocycles. The summed E-state index contributed by atoms with van der Waals surface area (Å²) in [6, 6.07) is 23.2. The van der Waals surface area contributed by atoms with Gasteiger partial charge in [0.2, 0.25) is 0 Å². The van der Waals surface area contributed by atoms with E-state index < -0.39 is 0 Å². The zero-order valence-corrected chi connectivity index (χ0v) is 15.5. The van der Waals surface area contributed by atoms with Crippen molar-refractivity contribution in [3.8, 4) is 5.75 Å². The molecule has 0 atom stereocenters. The summed E-state index contributed by atoms with van der Waals surface area (Å²) < 4.78 is 5.92. The molecule has 3 nitrogen and oxygen atoms in total. The molecule has 0 saturated carbocycles. The van der Waals surface area contributed by atoms with E-state index in [0.717, 1.165) is 22.4 Å². The SMILES string of the molecule is Clc1cccc(Cl)c1CN/N=C\c1ccccc1OCc1ccccc1. The van der Waals surface area contributed by atoms with Crippen molar-refractivity contribution in [3.05, 3.63) is 99.5 Å². The molecule has 0 radical (unpaired) electrons. The Morgan fingerprint density at radius 3 is 2.31 bits per heavy atom. The third-order valence-electron chi connectivity index (χ3n) is 3.77. The first-order valence-electron chi connectivity index (χ1n) is 8.18. The predicted octanol–water partition coefficient (Wildman–Crippen LogP) is 5.70. The van der Waals surface area contributed by atoms with E-state index in [2.05, 4.69) is 10.5 Å². The van der Waals surface area contributed by atoms with Crippen molar-refractivity contribution in [3.63, 3.8) is 0 Å². The summed E-state index contributed by atoms with van der Waals surface area (Å²) in [6.45, 7) is 0.955. The van der Waals surface area contributed by atoms with Crippen LogP contribution in [-0.2, 0) is 13.2 Å². The maximum Gasteiger partial charge on any atom is 0.128 e. The van der Waals surface area contributed by atoms with Gasteiger partial charge in [0.15, 0.2) is 0 Å². The number of halogens is 2. The summed E-state index contributed by atoms with van der Waals surface area (Å²) in [4.78, 5) is 0. The number of nitrogens with zero attached hydrogens (tertiary/aromatic N) is 1. The van der Waals surface area contributed by atoms with Crippen LogP contribution in [0, 0.1) is 0 Å². The van der Waals surface area contributed by atoms with Gasteiger partial charge in [-0.25, -0.2) is 0 Å². The molecule has 0 saturated heterocycles. The zero-order chi connectivity index (χ0) is 18.2. The van der Waals surface area contributed by atoms with Gasteiger partial charge in [-0.2, -0.15) is 5.10 Å². The maximum absolute atomic E-state index is 6.15. The number of ether oxygens (including phenoxy) is 1. The normalized spacial score (nSPS) is 10.8. The van der Waals surface area contributed by atoms with Gasteiger partial charge >= 0.3 is 0 Å². The van der Waals surface area contributed by atoms with E-state index in [9.17, 15) is 0 Å². The quantitative estimate of drug-likeness (QED) is 0.418. The van der Waals surface area contributed by atoms with Crippen LogP contribution in [0.2, 0.25) is 10.0 Å². The highest BCUT2D eigenvalue weighted by Crippen LogP contribution is 2.24. The molecule has 0 fully saturated rings. The van der Waals surface area contributed by atoms with Crippen molar-refractivity contribution in [2.75, 3.05) is 0 Å². The minimum atomic E-state index is 0.446. The molecule has 0 amide bonds. The maximum atomic E-state index is 6.15. The topological polar surface area (TPSA) is 33.6 Å². The predicted molar refractivity (Wildman–Crippen MR) is 108 cm³/mol. The van der Waals surface area contributed by atoms with E-state index >= 15 is 0 Å². The standard InChI is InChI=1S/C21H18Cl2N2O/c22-19-10-6-11-20(23)18(19)14-25-24-13-17-9-4-5-12-21(17)26-15-16-7-2-1-3-8-16/h1-13,25H,14-15H2/b24-13-. The summed E-state index contributed by atoms with van der Waals surface area (Å²) in [5.41, 5.74) is 5.81. The fourth-order valence-corrected chi connectivity index (χ4v) is 2.93. The molecule has 0 aliphatic heterocycles. The lowest BCUT2D eigenvalue weighted by Crippen LogP contribution is -2.07. The number of hydrogen-bond donors (Lipinski definition) is 1. The molecule has 26 heavy (non-hydrogen) atoms. The average molecular weight is 385 g/mol. The van der Waals surface area contributed by atoms with Crippen molar-refractivity contribution >= 4 is 29.4 Å². The van der Waals surface area contributed by atoms with Gasteiger partial charge in [-0.1, -0.05) is 71.7 Å². The molecule has 0 unspecified atom stereocenters. The van der Waals surface area contributed by atoms with E-state index in [-0.39, 0.29) is 0 Å². The summed E-state index contributed by atoms with van der Waals surface area (Å²) in [5, 5.41) is 5.50. The highest BCUT2D eigenvalue weighted by Gasteiger charge is 2.04. The second-order valence-electron chi connectivity index (χ2n) is 5.61. The van der Waals surface area contributed by atoms with Crippen LogP contribution < -0.4 is 10.2 Å². The Bertz CT molecular complexity index is 862. The summed E-state index contributed by atoms with van der Waals surface area (Å²) in [5.74, 6) is 0.776. The number of hydrogen-bond acceptors (Lipinski definition) is 3. The lowest BCUT2D eigenvalue weighted by molar-refractivity contribution is 0.306. The highest BCUT2D eigenvalue weighted by atomic mass is 35.5. The van der Waals surface area contributed by atoms with Gasteiger partial charge in [-0.3, -0.25) is 0 Å². The van der Waals surface area contributed by atoms with Crippen LogP contribution >= 0.6 is 23.2 Å². The molecule has 0 aliphatic rings. The first-order valence-corrected chi connectivity index (χ1v) is 8.94. The molecule has 3 aromatic carbocycles. The van der Waals surface area contributed by atoms with E-state index in [0.29, 0.717) is 23.2 Å². The molecule has 132 valence electrons. The number of nitrogens with one attached hydrogen (secondary N) is 1. The van der Waals surface area contributed by atoms with Gasteiger partial charge < -0.3 is 10.2 Å². The molecule has 1 N–H and O–H groups in total. The third kappa shape index (κ3) is 5.01. The monoisotopic (exact) mass is 384 g/mol. The molecular formula is C21H18Cl2N2O. The summed E-state index contributed by atoms with van der Waals surface area (Å²) >= 11 is 12.3. The van der Waals surface area contributed by atoms with Crippen LogP contribution in [0.25, 0.3) is 0 Å². The van der Waals surface area contributed by atoms with Crippen LogP contribution in [0.1, 0.15) is 16.7 Å². The molecule has 3 rings (SSSR count). The largest absolute Gasteiger partial charge is 0.488 e. The van der Waals surface area contributed by atoms with Crippen LogP contribution in [0.15, 0.2) is 77.9 Å². The fourth-order valence-electron chi connectivity index (χ4n) is 2.40. The van der Waals surface area contributed by atoms with Gasteiger partial charge in [0.1, 0.15) is 12.4 Å². The van der Waals surface area contributed by atoms with E-state index in [4.69, 9.17) is 27.9 Å².